The lowest BCUT2D eigenvalue weighted by molar-refractivity contribution is -0.158. The number of esters is 1. The molecule has 0 spiro atoms. The molecule has 3 aromatic carbocycles. The second-order valence-electron chi connectivity index (χ2n) is 10.3. The van der Waals surface area contributed by atoms with Gasteiger partial charge in [-0.15, -0.1) is 0 Å². The van der Waals surface area contributed by atoms with Crippen molar-refractivity contribution in [1.29, 1.82) is 0 Å². The van der Waals surface area contributed by atoms with Crippen LogP contribution in [0.1, 0.15) is 56.4 Å². The van der Waals surface area contributed by atoms with Crippen molar-refractivity contribution in [2.24, 2.45) is 17.6 Å². The molecule has 6 heteroatoms. The van der Waals surface area contributed by atoms with E-state index in [2.05, 4.69) is 5.32 Å². The summed E-state index contributed by atoms with van der Waals surface area (Å²) in [5, 5.41) is 3.31. The van der Waals surface area contributed by atoms with Crippen molar-refractivity contribution in [1.82, 2.24) is 5.32 Å². The van der Waals surface area contributed by atoms with Crippen LogP contribution in [-0.4, -0.2) is 24.0 Å². The van der Waals surface area contributed by atoms with E-state index in [9.17, 15) is 9.59 Å². The number of benzene rings is 3. The fourth-order valence-corrected chi connectivity index (χ4v) is 4.71. The Kier molecular flexibility index (Phi) is 9.52. The molecule has 196 valence electrons. The molecule has 0 aromatic heterocycles. The minimum absolute atomic E-state index is 0.236. The molecular formula is C31H37ClN2O3. The van der Waals surface area contributed by atoms with Crippen LogP contribution in [0.5, 0.6) is 0 Å². The second kappa shape index (κ2) is 12.4. The van der Waals surface area contributed by atoms with Crippen LogP contribution in [0, 0.1) is 18.8 Å². The molecule has 0 heterocycles. The first-order valence-electron chi connectivity index (χ1n) is 12.7. The van der Waals surface area contributed by atoms with E-state index in [4.69, 9.17) is 22.1 Å². The van der Waals surface area contributed by atoms with Crippen LogP contribution in [0.3, 0.4) is 0 Å². The Bertz CT molecular complexity index is 1190. The molecule has 1 amide bonds. The molecule has 3 aromatic rings. The molecule has 0 bridgehead atoms. The highest BCUT2D eigenvalue weighted by atomic mass is 35.5. The predicted octanol–water partition coefficient (Wildman–Crippen LogP) is 6.00. The van der Waals surface area contributed by atoms with Crippen LogP contribution >= 0.6 is 11.6 Å². The maximum absolute atomic E-state index is 14.0. The zero-order valence-electron chi connectivity index (χ0n) is 22.2. The van der Waals surface area contributed by atoms with Crippen molar-refractivity contribution in [3.05, 3.63) is 106 Å². The van der Waals surface area contributed by atoms with Gasteiger partial charge < -0.3 is 15.8 Å². The number of carbonyl (C=O) groups excluding carboxylic acids is 2. The van der Waals surface area contributed by atoms with Gasteiger partial charge in [-0.05, 0) is 31.2 Å². The third kappa shape index (κ3) is 6.60. The lowest BCUT2D eigenvalue weighted by atomic mass is 9.79. The smallest absolute Gasteiger partial charge is 0.330 e. The van der Waals surface area contributed by atoms with Crippen molar-refractivity contribution in [2.45, 2.75) is 58.7 Å². The van der Waals surface area contributed by atoms with Gasteiger partial charge in [-0.2, -0.15) is 0 Å². The molecule has 0 saturated carbocycles. The van der Waals surface area contributed by atoms with Gasteiger partial charge in [0.25, 0.3) is 0 Å². The maximum atomic E-state index is 14.0. The van der Waals surface area contributed by atoms with Gasteiger partial charge in [0.2, 0.25) is 5.91 Å². The van der Waals surface area contributed by atoms with Crippen LogP contribution in [-0.2, 0) is 19.9 Å². The van der Waals surface area contributed by atoms with E-state index in [1.165, 1.54) is 0 Å². The number of hydrogen-bond donors (Lipinski definition) is 2. The average Bonchev–Trinajstić information content (AvgIpc) is 2.86. The molecule has 3 N–H and O–H groups in total. The minimum Gasteiger partial charge on any atom is -0.443 e. The molecule has 37 heavy (non-hydrogen) atoms. The summed E-state index contributed by atoms with van der Waals surface area (Å²) >= 11 is 6.76. The highest BCUT2D eigenvalue weighted by Crippen LogP contribution is 2.44. The number of hydrogen-bond acceptors (Lipinski definition) is 4. The van der Waals surface area contributed by atoms with Crippen LogP contribution < -0.4 is 11.1 Å². The Morgan fingerprint density at radius 2 is 1.46 bits per heavy atom. The molecule has 3 rings (SSSR count). The lowest BCUT2D eigenvalue weighted by Crippen LogP contribution is -2.53. The van der Waals surface area contributed by atoms with Gasteiger partial charge in [0.1, 0.15) is 6.04 Å². The Morgan fingerprint density at radius 1 is 0.892 bits per heavy atom. The summed E-state index contributed by atoms with van der Waals surface area (Å²) in [6.07, 6.45) is 0.517. The summed E-state index contributed by atoms with van der Waals surface area (Å²) in [5.74, 6) is -0.926. The van der Waals surface area contributed by atoms with Crippen molar-refractivity contribution in [3.63, 3.8) is 0 Å². The van der Waals surface area contributed by atoms with E-state index in [1.54, 1.807) is 6.07 Å². The summed E-state index contributed by atoms with van der Waals surface area (Å²) in [5.41, 5.74) is 7.96. The number of amides is 1. The van der Waals surface area contributed by atoms with E-state index in [0.717, 1.165) is 16.7 Å². The fraction of sp³-hybridized carbons (Fsp3) is 0.355. The van der Waals surface area contributed by atoms with E-state index in [0.29, 0.717) is 17.0 Å². The number of rotatable bonds is 10. The molecule has 3 atom stereocenters. The van der Waals surface area contributed by atoms with Gasteiger partial charge in [0, 0.05) is 21.7 Å². The number of ether oxygens (including phenoxy) is 1. The second-order valence-corrected chi connectivity index (χ2v) is 10.7. The normalized spacial score (nSPS) is 14.6. The quantitative estimate of drug-likeness (QED) is 0.254. The fourth-order valence-electron chi connectivity index (χ4n) is 4.45. The monoisotopic (exact) mass is 520 g/mol. The Labute approximate surface area is 225 Å². The number of nitrogens with two attached hydrogens (primary N) is 1. The highest BCUT2D eigenvalue weighted by Gasteiger charge is 2.44. The largest absolute Gasteiger partial charge is 0.443 e. The third-order valence-electron chi connectivity index (χ3n) is 6.43. The van der Waals surface area contributed by atoms with Gasteiger partial charge in [0.05, 0.1) is 6.04 Å². The van der Waals surface area contributed by atoms with E-state index < -0.39 is 23.7 Å². The van der Waals surface area contributed by atoms with Crippen LogP contribution in [0.2, 0.25) is 5.02 Å². The third-order valence-corrected chi connectivity index (χ3v) is 6.76. The minimum atomic E-state index is -1.34. The molecule has 0 aliphatic heterocycles. The van der Waals surface area contributed by atoms with Crippen molar-refractivity contribution >= 4 is 23.5 Å². The summed E-state index contributed by atoms with van der Waals surface area (Å²) in [6, 6.07) is 23.1. The molecule has 0 aliphatic carbocycles. The highest BCUT2D eigenvalue weighted by molar-refractivity contribution is 6.31. The number of nitrogens with one attached hydrogen (secondary N) is 1. The summed E-state index contributed by atoms with van der Waals surface area (Å²) in [7, 11) is 0. The first-order chi connectivity index (χ1) is 17.6. The molecule has 0 radical (unpaired) electrons. The number of aryl methyl sites for hydroxylation is 1. The first kappa shape index (κ1) is 28.4. The zero-order valence-corrected chi connectivity index (χ0v) is 23.0. The first-order valence-corrected chi connectivity index (χ1v) is 13.1. The molecule has 0 fully saturated rings. The zero-order chi connectivity index (χ0) is 27.2. The van der Waals surface area contributed by atoms with E-state index >= 15 is 0 Å². The van der Waals surface area contributed by atoms with E-state index in [-0.39, 0.29) is 17.7 Å². The molecule has 0 aliphatic rings. The van der Waals surface area contributed by atoms with Crippen molar-refractivity contribution < 1.29 is 14.3 Å². The maximum Gasteiger partial charge on any atom is 0.330 e. The standard InChI is InChI=1S/C31H37ClN2O3/c1-20(2)19-27(33)29(35)34-28(21(3)4)30(36)37-31(23-11-7-6-8-12-23,24-17-15-22(5)16-18-24)25-13-9-10-14-26(25)32/h6-18,20-21,27-28H,19,33H2,1-5H3,(H,34,35)/t27-,28+,31?/m0/s1. The van der Waals surface area contributed by atoms with Gasteiger partial charge in [0.15, 0.2) is 5.60 Å². The van der Waals surface area contributed by atoms with Gasteiger partial charge in [-0.1, -0.05) is 118 Å². The van der Waals surface area contributed by atoms with Gasteiger partial charge in [-0.25, -0.2) is 4.79 Å². The molecular weight excluding hydrogens is 484 g/mol. The molecule has 5 nitrogen and oxygen atoms in total. The Balaban J connectivity index is 2.15. The van der Waals surface area contributed by atoms with Gasteiger partial charge >= 0.3 is 5.97 Å². The summed E-state index contributed by atoms with van der Waals surface area (Å²) in [4.78, 5) is 26.9. The number of carbonyl (C=O) groups is 2. The van der Waals surface area contributed by atoms with Crippen molar-refractivity contribution in [2.75, 3.05) is 0 Å². The van der Waals surface area contributed by atoms with E-state index in [1.807, 2.05) is 107 Å². The molecule has 0 saturated heterocycles. The Morgan fingerprint density at radius 3 is 2.03 bits per heavy atom. The molecule has 1 unspecified atom stereocenters. The topological polar surface area (TPSA) is 81.4 Å². The Hall–Kier alpha value is -3.15. The lowest BCUT2D eigenvalue weighted by Gasteiger charge is -2.37. The van der Waals surface area contributed by atoms with Crippen LogP contribution in [0.4, 0.5) is 0 Å². The van der Waals surface area contributed by atoms with Crippen molar-refractivity contribution in [3.8, 4) is 0 Å². The predicted molar refractivity (Wildman–Crippen MR) is 149 cm³/mol. The number of halogens is 1. The van der Waals surface area contributed by atoms with Crippen LogP contribution in [0.15, 0.2) is 78.9 Å². The summed E-state index contributed by atoms with van der Waals surface area (Å²) in [6.45, 7) is 9.74. The average molecular weight is 521 g/mol. The summed E-state index contributed by atoms with van der Waals surface area (Å²) < 4.78 is 6.52. The SMILES string of the molecule is Cc1ccc(C(OC(=O)[C@H](NC(=O)[C@@H](N)CC(C)C)C(C)C)(c2ccccc2)c2ccccc2Cl)cc1. The van der Waals surface area contributed by atoms with Crippen LogP contribution in [0.25, 0.3) is 0 Å². The van der Waals surface area contributed by atoms with Gasteiger partial charge in [-0.3, -0.25) is 4.79 Å².